The maximum absolute atomic E-state index is 11.4. The van der Waals surface area contributed by atoms with Crippen molar-refractivity contribution in [3.8, 4) is 0 Å². The lowest BCUT2D eigenvalue weighted by atomic mass is 10.4. The summed E-state index contributed by atoms with van der Waals surface area (Å²) in [6.07, 6.45) is 1.58. The van der Waals surface area contributed by atoms with Gasteiger partial charge in [-0.15, -0.1) is 0 Å². The van der Waals surface area contributed by atoms with E-state index in [1.54, 1.807) is 0 Å². The molecule has 0 atom stereocenters. The zero-order valence-corrected chi connectivity index (χ0v) is 6.49. The van der Waals surface area contributed by atoms with Gasteiger partial charge in [-0.05, 0) is 0 Å². The fraction of sp³-hybridized carbons (Fsp3) is 1.00. The molecule has 0 N–H and O–H groups in total. The smallest absolute Gasteiger partial charge is 0.178 e. The molecule has 9 heavy (non-hydrogen) atoms. The van der Waals surface area contributed by atoms with Crippen molar-refractivity contribution in [3.63, 3.8) is 0 Å². The van der Waals surface area contributed by atoms with Crippen molar-refractivity contribution < 1.29 is 13.2 Å². The van der Waals surface area contributed by atoms with E-state index >= 15 is 0 Å². The molecular weight excluding hydrogens is 145 g/mol. The molecule has 0 unspecified atom stereocenters. The molecule has 0 aliphatic rings. The second kappa shape index (κ2) is 3.93. The van der Waals surface area contributed by atoms with E-state index in [1.807, 2.05) is 6.92 Å². The Morgan fingerprint density at radius 3 is 2.22 bits per heavy atom. The molecule has 4 heteroatoms. The van der Waals surface area contributed by atoms with Crippen LogP contribution in [0.5, 0.6) is 0 Å². The van der Waals surface area contributed by atoms with Crippen molar-refractivity contribution >= 4 is 9.52 Å². The molecule has 0 aromatic carbocycles. The van der Waals surface area contributed by atoms with Crippen LogP contribution in [-0.2, 0) is 0 Å². The second-order valence-electron chi connectivity index (χ2n) is 1.89. The predicted molar refractivity (Wildman–Crippen MR) is 32.9 cm³/mol. The molecule has 0 amide bonds. The summed E-state index contributed by atoms with van der Waals surface area (Å²) < 4.78 is 34.2. The van der Waals surface area contributed by atoms with Gasteiger partial charge in [0.05, 0.1) is 0 Å². The standard InChI is InChI=1S/C5H10F3Si/c1-2-3-4-9-5(6,7)8/h9H,2-4H2,1H3. The van der Waals surface area contributed by atoms with E-state index in [1.165, 1.54) is 0 Å². The maximum Gasteiger partial charge on any atom is 0.356 e. The van der Waals surface area contributed by atoms with Gasteiger partial charge in [-0.25, -0.2) is 0 Å². The minimum atomic E-state index is -3.87. The molecular formula is C5H10F3Si. The van der Waals surface area contributed by atoms with E-state index in [-0.39, 0.29) is 0 Å². The highest BCUT2D eigenvalue weighted by molar-refractivity contribution is 6.37. The van der Waals surface area contributed by atoms with Crippen molar-refractivity contribution in [2.45, 2.75) is 31.6 Å². The lowest BCUT2D eigenvalue weighted by Crippen LogP contribution is -2.17. The van der Waals surface area contributed by atoms with Gasteiger partial charge in [0.15, 0.2) is 9.52 Å². The average Bonchev–Trinajstić information content (AvgIpc) is 1.63. The monoisotopic (exact) mass is 155 g/mol. The summed E-state index contributed by atoms with van der Waals surface area (Å²) in [5.41, 5.74) is 0. The summed E-state index contributed by atoms with van der Waals surface area (Å²) in [5, 5.41) is 0. The Kier molecular flexibility index (Phi) is 3.93. The van der Waals surface area contributed by atoms with Gasteiger partial charge in [0, 0.05) is 0 Å². The van der Waals surface area contributed by atoms with Crippen LogP contribution in [0.1, 0.15) is 19.8 Å². The van der Waals surface area contributed by atoms with E-state index in [9.17, 15) is 13.2 Å². The van der Waals surface area contributed by atoms with Crippen LogP contribution in [0.3, 0.4) is 0 Å². The first-order chi connectivity index (χ1) is 4.06. The maximum atomic E-state index is 11.4. The van der Waals surface area contributed by atoms with Crippen LogP contribution in [0.15, 0.2) is 0 Å². The minimum Gasteiger partial charge on any atom is -0.178 e. The third-order valence-corrected chi connectivity index (χ3v) is 2.09. The average molecular weight is 155 g/mol. The van der Waals surface area contributed by atoms with Gasteiger partial charge in [0.25, 0.3) is 0 Å². The molecule has 1 radical (unpaired) electrons. The fourth-order valence-electron chi connectivity index (χ4n) is 0.470. The second-order valence-corrected chi connectivity index (χ2v) is 3.53. The number of halogens is 3. The normalized spacial score (nSPS) is 12.0. The Morgan fingerprint density at radius 1 is 1.33 bits per heavy atom. The predicted octanol–water partition coefficient (Wildman–Crippen LogP) is 2.16. The molecule has 0 aromatic heterocycles. The van der Waals surface area contributed by atoms with Crippen LogP contribution >= 0.6 is 0 Å². The van der Waals surface area contributed by atoms with E-state index in [0.717, 1.165) is 12.8 Å². The Morgan fingerprint density at radius 2 is 1.89 bits per heavy atom. The van der Waals surface area contributed by atoms with Gasteiger partial charge in [0.1, 0.15) is 0 Å². The summed E-state index contributed by atoms with van der Waals surface area (Å²) >= 11 is 0. The van der Waals surface area contributed by atoms with Crippen LogP contribution < -0.4 is 0 Å². The van der Waals surface area contributed by atoms with Gasteiger partial charge in [-0.3, -0.25) is 0 Å². The van der Waals surface area contributed by atoms with Gasteiger partial charge >= 0.3 is 5.80 Å². The summed E-state index contributed by atoms with van der Waals surface area (Å²) in [6.45, 7) is 1.90. The molecule has 0 aliphatic carbocycles. The number of alkyl halides is 3. The molecule has 0 saturated carbocycles. The first-order valence-electron chi connectivity index (χ1n) is 2.97. The van der Waals surface area contributed by atoms with Crippen LogP contribution in [0.2, 0.25) is 6.04 Å². The molecule has 0 aliphatic heterocycles. The zero-order chi connectivity index (χ0) is 7.33. The Hall–Kier alpha value is 0.00688. The molecule has 0 saturated heterocycles. The lowest BCUT2D eigenvalue weighted by molar-refractivity contribution is -0.0472. The summed E-state index contributed by atoms with van der Waals surface area (Å²) in [5.74, 6) is -3.87. The highest BCUT2D eigenvalue weighted by Gasteiger charge is 2.26. The SMILES string of the molecule is CCCC[SiH]C(F)(F)F. The first kappa shape index (κ1) is 9.01. The van der Waals surface area contributed by atoms with Crippen molar-refractivity contribution in [1.29, 1.82) is 0 Å². The molecule has 0 fully saturated rings. The molecule has 55 valence electrons. The molecule has 0 rings (SSSR count). The van der Waals surface area contributed by atoms with Crippen LogP contribution in [-0.4, -0.2) is 15.3 Å². The van der Waals surface area contributed by atoms with Gasteiger partial charge < -0.3 is 0 Å². The largest absolute Gasteiger partial charge is 0.356 e. The highest BCUT2D eigenvalue weighted by atomic mass is 28.2. The summed E-state index contributed by atoms with van der Waals surface area (Å²) in [6, 6.07) is 0.361. The number of rotatable bonds is 3. The third kappa shape index (κ3) is 8.01. The van der Waals surface area contributed by atoms with Crippen LogP contribution in [0.25, 0.3) is 0 Å². The van der Waals surface area contributed by atoms with E-state index < -0.39 is 15.3 Å². The quantitative estimate of drug-likeness (QED) is 0.433. The van der Waals surface area contributed by atoms with Crippen LogP contribution in [0.4, 0.5) is 13.2 Å². The third-order valence-electron chi connectivity index (χ3n) is 0.933. The Labute approximate surface area is 55.3 Å². The van der Waals surface area contributed by atoms with Crippen molar-refractivity contribution in [1.82, 2.24) is 0 Å². The lowest BCUT2D eigenvalue weighted by Gasteiger charge is -2.02. The van der Waals surface area contributed by atoms with Crippen LogP contribution in [0, 0.1) is 0 Å². The first-order valence-corrected chi connectivity index (χ1v) is 4.36. The van der Waals surface area contributed by atoms with E-state index in [2.05, 4.69) is 0 Å². The number of unbranched alkanes of at least 4 members (excludes halogenated alkanes) is 1. The summed E-state index contributed by atoms with van der Waals surface area (Å²) in [7, 11) is -1.31. The zero-order valence-electron chi connectivity index (χ0n) is 5.33. The summed E-state index contributed by atoms with van der Waals surface area (Å²) in [4.78, 5) is 0. The molecule has 0 nitrogen and oxygen atoms in total. The van der Waals surface area contributed by atoms with Gasteiger partial charge in [-0.2, -0.15) is 13.2 Å². The van der Waals surface area contributed by atoms with Gasteiger partial charge in [-0.1, -0.05) is 25.8 Å². The molecule has 0 aromatic rings. The molecule has 0 bridgehead atoms. The fourth-order valence-corrected chi connectivity index (χ4v) is 1.41. The number of hydrogen-bond donors (Lipinski definition) is 0. The Balaban J connectivity index is 3.07. The van der Waals surface area contributed by atoms with Crippen molar-refractivity contribution in [2.24, 2.45) is 0 Å². The van der Waals surface area contributed by atoms with Gasteiger partial charge in [0.2, 0.25) is 0 Å². The minimum absolute atomic E-state index is 0.361. The van der Waals surface area contributed by atoms with E-state index in [0.29, 0.717) is 6.04 Å². The topological polar surface area (TPSA) is 0 Å². The van der Waals surface area contributed by atoms with Crippen molar-refractivity contribution in [3.05, 3.63) is 0 Å². The molecule has 0 heterocycles. The van der Waals surface area contributed by atoms with E-state index in [4.69, 9.17) is 0 Å². The Bertz CT molecular complexity index is 69.1. The highest BCUT2D eigenvalue weighted by Crippen LogP contribution is 2.14. The van der Waals surface area contributed by atoms with Crippen molar-refractivity contribution in [2.75, 3.05) is 0 Å². The number of hydrogen-bond acceptors (Lipinski definition) is 0. The molecule has 0 spiro atoms.